The lowest BCUT2D eigenvalue weighted by atomic mass is 10.1. The molecule has 0 bridgehead atoms. The normalized spacial score (nSPS) is 10.8. The largest absolute Gasteiger partial charge is 0.462 e. The van der Waals surface area contributed by atoms with Gasteiger partial charge < -0.3 is 9.47 Å². The van der Waals surface area contributed by atoms with Crippen molar-refractivity contribution in [2.75, 3.05) is 6.61 Å². The zero-order valence-corrected chi connectivity index (χ0v) is 15.2. The molecule has 2 aromatic carbocycles. The predicted octanol–water partition coefficient (Wildman–Crippen LogP) is 4.68. The number of esters is 2. The van der Waals surface area contributed by atoms with Gasteiger partial charge in [0.1, 0.15) is 17.4 Å². The van der Waals surface area contributed by atoms with Crippen molar-refractivity contribution in [3.63, 3.8) is 0 Å². The summed E-state index contributed by atoms with van der Waals surface area (Å²) in [4.78, 5) is 23.9. The smallest absolute Gasteiger partial charge is 0.348 e. The highest BCUT2D eigenvalue weighted by molar-refractivity contribution is 6.36. The number of ether oxygens (including phenoxy) is 2. The van der Waals surface area contributed by atoms with E-state index in [4.69, 9.17) is 37.9 Å². The molecule has 2 rings (SSSR count). The Balaban J connectivity index is 2.22. The van der Waals surface area contributed by atoms with Gasteiger partial charge >= 0.3 is 11.9 Å². The SMILES string of the molecule is CCOC(=O)/C(C#N)=C/c1cccc(OC(=O)c2ccc(Cl)cc2Cl)c1. The molecule has 0 heterocycles. The van der Waals surface area contributed by atoms with Gasteiger partial charge in [-0.05, 0) is 48.9 Å². The van der Waals surface area contributed by atoms with Crippen LogP contribution in [0.2, 0.25) is 10.0 Å². The molecule has 0 fully saturated rings. The minimum Gasteiger partial charge on any atom is -0.462 e. The molecule has 132 valence electrons. The summed E-state index contributed by atoms with van der Waals surface area (Å²) >= 11 is 11.8. The first-order chi connectivity index (χ1) is 12.4. The minimum absolute atomic E-state index is 0.156. The average molecular weight is 390 g/mol. The van der Waals surface area contributed by atoms with Crippen LogP contribution in [0.15, 0.2) is 48.0 Å². The van der Waals surface area contributed by atoms with Gasteiger partial charge in [-0.15, -0.1) is 0 Å². The van der Waals surface area contributed by atoms with Gasteiger partial charge in [-0.2, -0.15) is 5.26 Å². The van der Waals surface area contributed by atoms with Crippen molar-refractivity contribution >= 4 is 41.2 Å². The van der Waals surface area contributed by atoms with Crippen molar-refractivity contribution in [3.8, 4) is 11.8 Å². The first kappa shape index (κ1) is 19.5. The van der Waals surface area contributed by atoms with E-state index in [1.165, 1.54) is 30.3 Å². The van der Waals surface area contributed by atoms with E-state index in [1.54, 1.807) is 31.2 Å². The highest BCUT2D eigenvalue weighted by Gasteiger charge is 2.14. The Morgan fingerprint density at radius 1 is 1.19 bits per heavy atom. The van der Waals surface area contributed by atoms with Crippen LogP contribution in [-0.4, -0.2) is 18.5 Å². The second-order valence-corrected chi connectivity index (χ2v) is 5.82. The van der Waals surface area contributed by atoms with Crippen molar-refractivity contribution in [1.29, 1.82) is 5.26 Å². The van der Waals surface area contributed by atoms with Gasteiger partial charge in [0.25, 0.3) is 0 Å². The number of carbonyl (C=O) groups excluding carboxylic acids is 2. The first-order valence-corrected chi connectivity index (χ1v) is 8.26. The fraction of sp³-hybridized carbons (Fsp3) is 0.105. The summed E-state index contributed by atoms with van der Waals surface area (Å²) in [6, 6.07) is 12.6. The fourth-order valence-electron chi connectivity index (χ4n) is 2.00. The number of benzene rings is 2. The molecular formula is C19H13Cl2NO4. The number of halogens is 2. The van der Waals surface area contributed by atoms with E-state index in [0.717, 1.165) is 0 Å². The Kier molecular flexibility index (Phi) is 6.79. The van der Waals surface area contributed by atoms with Crippen LogP contribution < -0.4 is 4.74 Å². The lowest BCUT2D eigenvalue weighted by molar-refractivity contribution is -0.137. The summed E-state index contributed by atoms with van der Waals surface area (Å²) in [7, 11) is 0. The summed E-state index contributed by atoms with van der Waals surface area (Å²) in [6.45, 7) is 1.81. The van der Waals surface area contributed by atoms with Gasteiger partial charge in [-0.3, -0.25) is 0 Å². The maximum absolute atomic E-state index is 12.2. The molecule has 2 aromatic rings. The molecule has 5 nitrogen and oxygen atoms in total. The summed E-state index contributed by atoms with van der Waals surface area (Å²) in [5, 5.41) is 9.65. The molecule has 0 unspecified atom stereocenters. The second kappa shape index (κ2) is 9.04. The molecule has 0 spiro atoms. The lowest BCUT2D eigenvalue weighted by Gasteiger charge is -2.07. The Morgan fingerprint density at radius 2 is 1.96 bits per heavy atom. The molecule has 0 radical (unpaired) electrons. The molecular weight excluding hydrogens is 377 g/mol. The number of nitriles is 1. The van der Waals surface area contributed by atoms with Gasteiger partial charge in [0.2, 0.25) is 0 Å². The highest BCUT2D eigenvalue weighted by atomic mass is 35.5. The van der Waals surface area contributed by atoms with Crippen LogP contribution in [0.4, 0.5) is 0 Å². The Bertz CT molecular complexity index is 916. The number of hydrogen-bond donors (Lipinski definition) is 0. The monoisotopic (exact) mass is 389 g/mol. The number of hydrogen-bond acceptors (Lipinski definition) is 5. The zero-order chi connectivity index (χ0) is 19.1. The second-order valence-electron chi connectivity index (χ2n) is 4.98. The Labute approximate surface area is 160 Å². The number of carbonyl (C=O) groups is 2. The summed E-state index contributed by atoms with van der Waals surface area (Å²) in [5.41, 5.74) is 0.513. The van der Waals surface area contributed by atoms with Gasteiger partial charge in [0, 0.05) is 5.02 Å². The summed E-state index contributed by atoms with van der Waals surface area (Å²) in [5.74, 6) is -1.14. The quantitative estimate of drug-likeness (QED) is 0.321. The van der Waals surface area contributed by atoms with E-state index < -0.39 is 11.9 Å². The van der Waals surface area contributed by atoms with Crippen LogP contribution in [0.3, 0.4) is 0 Å². The van der Waals surface area contributed by atoms with E-state index >= 15 is 0 Å². The van der Waals surface area contributed by atoms with E-state index in [1.807, 2.05) is 0 Å². The van der Waals surface area contributed by atoms with Crippen LogP contribution in [0.5, 0.6) is 5.75 Å². The van der Waals surface area contributed by atoms with E-state index in [2.05, 4.69) is 0 Å². The van der Waals surface area contributed by atoms with Crippen molar-refractivity contribution in [3.05, 3.63) is 69.2 Å². The van der Waals surface area contributed by atoms with E-state index in [0.29, 0.717) is 10.6 Å². The van der Waals surface area contributed by atoms with Crippen molar-refractivity contribution in [2.45, 2.75) is 6.92 Å². The maximum Gasteiger partial charge on any atom is 0.348 e. The third kappa shape index (κ3) is 5.09. The number of nitrogens with zero attached hydrogens (tertiary/aromatic N) is 1. The Hall–Kier alpha value is -2.81. The Morgan fingerprint density at radius 3 is 2.62 bits per heavy atom. The van der Waals surface area contributed by atoms with Crippen LogP contribution in [-0.2, 0) is 9.53 Å². The van der Waals surface area contributed by atoms with Crippen LogP contribution >= 0.6 is 23.2 Å². The summed E-state index contributed by atoms with van der Waals surface area (Å²) in [6.07, 6.45) is 1.35. The molecule has 0 saturated heterocycles. The van der Waals surface area contributed by atoms with Crippen LogP contribution in [0, 0.1) is 11.3 Å². The molecule has 0 saturated carbocycles. The highest BCUT2D eigenvalue weighted by Crippen LogP contribution is 2.23. The van der Waals surface area contributed by atoms with Crippen molar-refractivity contribution in [2.24, 2.45) is 0 Å². The van der Waals surface area contributed by atoms with Gasteiger partial charge in [0.15, 0.2) is 0 Å². The molecule has 0 amide bonds. The average Bonchev–Trinajstić information content (AvgIpc) is 2.60. The van der Waals surface area contributed by atoms with Crippen molar-refractivity contribution in [1.82, 2.24) is 0 Å². The molecule has 0 aliphatic heterocycles. The molecule has 0 aliphatic rings. The molecule has 0 N–H and O–H groups in total. The molecule has 7 heteroatoms. The van der Waals surface area contributed by atoms with E-state index in [9.17, 15) is 9.59 Å². The first-order valence-electron chi connectivity index (χ1n) is 7.50. The van der Waals surface area contributed by atoms with Crippen LogP contribution in [0.1, 0.15) is 22.8 Å². The zero-order valence-electron chi connectivity index (χ0n) is 13.7. The molecule has 0 atom stereocenters. The van der Waals surface area contributed by atoms with E-state index in [-0.39, 0.29) is 28.5 Å². The third-order valence-corrected chi connectivity index (χ3v) is 3.69. The van der Waals surface area contributed by atoms with Gasteiger partial charge in [-0.1, -0.05) is 35.3 Å². The lowest BCUT2D eigenvalue weighted by Crippen LogP contribution is -2.09. The molecule has 26 heavy (non-hydrogen) atoms. The van der Waals surface area contributed by atoms with Crippen LogP contribution in [0.25, 0.3) is 6.08 Å². The third-order valence-electron chi connectivity index (χ3n) is 3.15. The predicted molar refractivity (Wildman–Crippen MR) is 98.1 cm³/mol. The van der Waals surface area contributed by atoms with Gasteiger partial charge in [0.05, 0.1) is 17.2 Å². The fourth-order valence-corrected chi connectivity index (χ4v) is 2.48. The standard InChI is InChI=1S/C19H13Cl2NO4/c1-2-25-18(23)13(11-22)8-12-4-3-5-15(9-12)26-19(24)16-7-6-14(20)10-17(16)21/h3-10H,2H2,1H3/b13-8+. The topological polar surface area (TPSA) is 76.4 Å². The molecule has 0 aliphatic carbocycles. The summed E-state index contributed by atoms with van der Waals surface area (Å²) < 4.78 is 10.1. The molecule has 0 aromatic heterocycles. The van der Waals surface area contributed by atoms with Crippen molar-refractivity contribution < 1.29 is 19.1 Å². The maximum atomic E-state index is 12.2. The minimum atomic E-state index is -0.717. The van der Waals surface area contributed by atoms with Gasteiger partial charge in [-0.25, -0.2) is 9.59 Å². The number of rotatable bonds is 5.